The average Bonchev–Trinajstić information content (AvgIpc) is 2.90. The van der Waals surface area contributed by atoms with Crippen molar-refractivity contribution in [3.05, 3.63) is 34.9 Å². The SMILES string of the molecule is NNC(c1ccccc1Cl)C1CCOC2(CCSC2)C1. The Balaban J connectivity index is 1.81. The van der Waals surface area contributed by atoms with Crippen molar-refractivity contribution < 1.29 is 4.74 Å². The molecule has 110 valence electrons. The number of hydrogen-bond donors (Lipinski definition) is 2. The highest BCUT2D eigenvalue weighted by molar-refractivity contribution is 7.99. The zero-order chi connectivity index (χ0) is 14.0. The van der Waals surface area contributed by atoms with Crippen molar-refractivity contribution in [1.82, 2.24) is 5.43 Å². The molecule has 0 saturated carbocycles. The van der Waals surface area contributed by atoms with Crippen LogP contribution in [0.25, 0.3) is 0 Å². The van der Waals surface area contributed by atoms with E-state index >= 15 is 0 Å². The molecular weight excluding hydrogens is 292 g/mol. The second-order valence-electron chi connectivity index (χ2n) is 5.75. The first-order valence-corrected chi connectivity index (χ1v) is 8.70. The Hall–Kier alpha value is -0.260. The number of hydrogen-bond acceptors (Lipinski definition) is 4. The Labute approximate surface area is 129 Å². The second-order valence-corrected chi connectivity index (χ2v) is 7.27. The first-order valence-electron chi connectivity index (χ1n) is 7.16. The van der Waals surface area contributed by atoms with E-state index in [0.29, 0.717) is 5.92 Å². The number of thioether (sulfide) groups is 1. The summed E-state index contributed by atoms with van der Waals surface area (Å²) in [5.41, 5.74) is 4.16. The summed E-state index contributed by atoms with van der Waals surface area (Å²) in [6.07, 6.45) is 3.26. The van der Waals surface area contributed by atoms with Crippen LogP contribution in [-0.4, -0.2) is 23.7 Å². The molecule has 2 saturated heterocycles. The third-order valence-electron chi connectivity index (χ3n) is 4.49. The van der Waals surface area contributed by atoms with E-state index in [1.165, 1.54) is 5.75 Å². The summed E-state index contributed by atoms with van der Waals surface area (Å²) in [6, 6.07) is 8.08. The third kappa shape index (κ3) is 2.85. The zero-order valence-electron chi connectivity index (χ0n) is 11.5. The molecule has 0 amide bonds. The summed E-state index contributed by atoms with van der Waals surface area (Å²) in [4.78, 5) is 0. The lowest BCUT2D eigenvalue weighted by atomic mass is 9.79. The van der Waals surface area contributed by atoms with Gasteiger partial charge in [0, 0.05) is 17.4 Å². The number of halogens is 1. The molecule has 1 aromatic rings. The molecule has 0 aromatic heterocycles. The fourth-order valence-electron chi connectivity index (χ4n) is 3.42. The summed E-state index contributed by atoms with van der Waals surface area (Å²) in [5, 5.41) is 0.789. The Morgan fingerprint density at radius 3 is 3.00 bits per heavy atom. The summed E-state index contributed by atoms with van der Waals surface area (Å²) < 4.78 is 6.10. The van der Waals surface area contributed by atoms with E-state index in [9.17, 15) is 0 Å². The van der Waals surface area contributed by atoms with Gasteiger partial charge in [0.15, 0.2) is 0 Å². The van der Waals surface area contributed by atoms with Crippen LogP contribution >= 0.6 is 23.4 Å². The van der Waals surface area contributed by atoms with Crippen LogP contribution in [0.2, 0.25) is 5.02 Å². The van der Waals surface area contributed by atoms with Crippen molar-refractivity contribution in [2.45, 2.75) is 30.9 Å². The molecule has 1 spiro atoms. The Morgan fingerprint density at radius 1 is 1.45 bits per heavy atom. The minimum atomic E-state index is 0.0734. The lowest BCUT2D eigenvalue weighted by Crippen LogP contribution is -2.45. The van der Waals surface area contributed by atoms with E-state index in [0.717, 1.165) is 42.2 Å². The van der Waals surface area contributed by atoms with Crippen LogP contribution in [0.4, 0.5) is 0 Å². The molecule has 0 radical (unpaired) electrons. The fraction of sp³-hybridized carbons (Fsp3) is 0.600. The van der Waals surface area contributed by atoms with Gasteiger partial charge in [-0.3, -0.25) is 11.3 Å². The maximum atomic E-state index is 6.34. The summed E-state index contributed by atoms with van der Waals surface area (Å²) in [7, 11) is 0. The molecule has 2 fully saturated rings. The maximum absolute atomic E-state index is 6.34. The smallest absolute Gasteiger partial charge is 0.0783 e. The molecular formula is C15H21ClN2OS. The van der Waals surface area contributed by atoms with Crippen molar-refractivity contribution in [1.29, 1.82) is 0 Å². The number of benzene rings is 1. The van der Waals surface area contributed by atoms with Crippen LogP contribution in [0.1, 0.15) is 30.9 Å². The van der Waals surface area contributed by atoms with E-state index in [1.807, 2.05) is 30.0 Å². The molecule has 3 nitrogen and oxygen atoms in total. The van der Waals surface area contributed by atoms with Crippen LogP contribution < -0.4 is 11.3 Å². The van der Waals surface area contributed by atoms with E-state index in [-0.39, 0.29) is 11.6 Å². The second kappa shape index (κ2) is 6.24. The van der Waals surface area contributed by atoms with E-state index < -0.39 is 0 Å². The molecule has 2 heterocycles. The molecule has 2 aliphatic rings. The normalized spacial score (nSPS) is 31.6. The first kappa shape index (κ1) is 14.7. The van der Waals surface area contributed by atoms with Crippen LogP contribution in [0.15, 0.2) is 24.3 Å². The van der Waals surface area contributed by atoms with Crippen LogP contribution in [0, 0.1) is 5.92 Å². The zero-order valence-corrected chi connectivity index (χ0v) is 13.1. The molecule has 3 atom stereocenters. The number of hydrazine groups is 1. The van der Waals surface area contributed by atoms with Crippen LogP contribution in [0.3, 0.4) is 0 Å². The topological polar surface area (TPSA) is 47.3 Å². The van der Waals surface area contributed by atoms with Gasteiger partial charge in [0.05, 0.1) is 11.6 Å². The number of rotatable bonds is 3. The highest BCUT2D eigenvalue weighted by atomic mass is 35.5. The van der Waals surface area contributed by atoms with Crippen LogP contribution in [-0.2, 0) is 4.74 Å². The Kier molecular flexibility index (Phi) is 4.58. The highest BCUT2D eigenvalue weighted by Gasteiger charge is 2.42. The molecule has 0 bridgehead atoms. The van der Waals surface area contributed by atoms with Gasteiger partial charge < -0.3 is 4.74 Å². The third-order valence-corrected chi connectivity index (χ3v) is 6.06. The molecule has 0 aliphatic carbocycles. The van der Waals surface area contributed by atoms with Gasteiger partial charge in [0.25, 0.3) is 0 Å². The van der Waals surface area contributed by atoms with Gasteiger partial charge in [-0.2, -0.15) is 11.8 Å². The van der Waals surface area contributed by atoms with Crippen molar-refractivity contribution in [2.24, 2.45) is 11.8 Å². The van der Waals surface area contributed by atoms with E-state index in [1.54, 1.807) is 0 Å². The van der Waals surface area contributed by atoms with Gasteiger partial charge in [-0.25, -0.2) is 0 Å². The summed E-state index contributed by atoms with van der Waals surface area (Å²) in [5.74, 6) is 8.64. The van der Waals surface area contributed by atoms with Crippen molar-refractivity contribution in [2.75, 3.05) is 18.1 Å². The minimum Gasteiger partial charge on any atom is -0.374 e. The largest absolute Gasteiger partial charge is 0.374 e. The lowest BCUT2D eigenvalue weighted by Gasteiger charge is -2.41. The molecule has 3 unspecified atom stereocenters. The quantitative estimate of drug-likeness (QED) is 0.665. The van der Waals surface area contributed by atoms with Crippen molar-refractivity contribution in [3.8, 4) is 0 Å². The van der Waals surface area contributed by atoms with Gasteiger partial charge in [0.1, 0.15) is 0 Å². The number of ether oxygens (including phenoxy) is 1. The first-order chi connectivity index (χ1) is 9.74. The minimum absolute atomic E-state index is 0.0734. The average molecular weight is 313 g/mol. The van der Waals surface area contributed by atoms with Crippen molar-refractivity contribution in [3.63, 3.8) is 0 Å². The van der Waals surface area contributed by atoms with Gasteiger partial charge in [-0.05, 0) is 42.6 Å². The highest BCUT2D eigenvalue weighted by Crippen LogP contribution is 2.44. The Bertz CT molecular complexity index is 465. The van der Waals surface area contributed by atoms with Crippen molar-refractivity contribution >= 4 is 23.4 Å². The Morgan fingerprint density at radius 2 is 2.30 bits per heavy atom. The van der Waals surface area contributed by atoms with Crippen LogP contribution in [0.5, 0.6) is 0 Å². The molecule has 2 aliphatic heterocycles. The van der Waals surface area contributed by atoms with Gasteiger partial charge >= 0.3 is 0 Å². The maximum Gasteiger partial charge on any atom is 0.0783 e. The number of nitrogens with two attached hydrogens (primary N) is 1. The summed E-state index contributed by atoms with van der Waals surface area (Å²) >= 11 is 8.33. The predicted octanol–water partition coefficient (Wildman–Crippen LogP) is 3.15. The molecule has 3 rings (SSSR count). The van der Waals surface area contributed by atoms with E-state index in [2.05, 4.69) is 11.5 Å². The van der Waals surface area contributed by atoms with E-state index in [4.69, 9.17) is 22.2 Å². The lowest BCUT2D eigenvalue weighted by molar-refractivity contribution is -0.0854. The molecule has 20 heavy (non-hydrogen) atoms. The summed E-state index contributed by atoms with van der Waals surface area (Å²) in [6.45, 7) is 0.827. The predicted molar refractivity (Wildman–Crippen MR) is 84.9 cm³/mol. The number of nitrogens with one attached hydrogen (secondary N) is 1. The standard InChI is InChI=1S/C15H21ClN2OS/c16-13-4-2-1-3-12(13)14(18-17)11-5-7-19-15(9-11)6-8-20-10-15/h1-4,11,14,18H,5-10,17H2. The monoisotopic (exact) mass is 312 g/mol. The van der Waals surface area contributed by atoms with Gasteiger partial charge in [-0.15, -0.1) is 0 Å². The van der Waals surface area contributed by atoms with Gasteiger partial charge in [-0.1, -0.05) is 29.8 Å². The molecule has 3 N–H and O–H groups in total. The fourth-order valence-corrected chi connectivity index (χ4v) is 5.05. The molecule has 5 heteroatoms. The molecule has 1 aromatic carbocycles. The van der Waals surface area contributed by atoms with Gasteiger partial charge in [0.2, 0.25) is 0 Å².